The first-order chi connectivity index (χ1) is 13.2. The molecule has 1 heterocycles. The second-order valence-electron chi connectivity index (χ2n) is 5.54. The topological polar surface area (TPSA) is 89.9 Å². The molecule has 0 atom stereocenters. The Labute approximate surface area is 159 Å². The second-order valence-corrected chi connectivity index (χ2v) is 5.54. The molecule has 0 aliphatic heterocycles. The van der Waals surface area contributed by atoms with Crippen LogP contribution in [0.15, 0.2) is 61.5 Å². The fourth-order valence-electron chi connectivity index (χ4n) is 2.22. The zero-order valence-electron chi connectivity index (χ0n) is 14.9. The van der Waals surface area contributed by atoms with Crippen molar-refractivity contribution < 1.29 is 18.0 Å². The minimum absolute atomic E-state index is 0.0238. The van der Waals surface area contributed by atoms with Crippen LogP contribution >= 0.6 is 0 Å². The van der Waals surface area contributed by atoms with Crippen molar-refractivity contribution in [2.75, 3.05) is 17.7 Å². The van der Waals surface area contributed by atoms with E-state index in [-0.39, 0.29) is 11.5 Å². The molecule has 0 unspecified atom stereocenters. The van der Waals surface area contributed by atoms with Gasteiger partial charge in [-0.25, -0.2) is 4.98 Å². The molecular weight excluding hydrogens is 371 g/mol. The number of rotatable bonds is 7. The zero-order chi connectivity index (χ0) is 20.7. The van der Waals surface area contributed by atoms with Crippen molar-refractivity contribution in [1.82, 2.24) is 10.3 Å². The molecule has 2 rings (SSSR count). The summed E-state index contributed by atoms with van der Waals surface area (Å²) >= 11 is 0. The molecule has 0 saturated heterocycles. The van der Waals surface area contributed by atoms with Gasteiger partial charge in [-0.15, -0.1) is 0 Å². The highest BCUT2D eigenvalue weighted by atomic mass is 19.4. The summed E-state index contributed by atoms with van der Waals surface area (Å²) in [5, 5.41) is 16.3. The lowest BCUT2D eigenvalue weighted by Gasteiger charge is -2.14. The third-order valence-electron chi connectivity index (χ3n) is 3.53. The van der Waals surface area contributed by atoms with Crippen molar-refractivity contribution in [3.8, 4) is 0 Å². The van der Waals surface area contributed by atoms with E-state index in [2.05, 4.69) is 27.5 Å². The Morgan fingerprint density at radius 3 is 2.64 bits per heavy atom. The van der Waals surface area contributed by atoms with E-state index in [4.69, 9.17) is 5.41 Å². The molecule has 2 aromatic rings. The zero-order valence-corrected chi connectivity index (χ0v) is 14.9. The summed E-state index contributed by atoms with van der Waals surface area (Å²) in [7, 11) is 1.66. The van der Waals surface area contributed by atoms with Crippen LogP contribution in [0.1, 0.15) is 11.1 Å². The molecule has 0 spiro atoms. The summed E-state index contributed by atoms with van der Waals surface area (Å²) in [6.07, 6.45) is 0.659. The summed E-state index contributed by atoms with van der Waals surface area (Å²) < 4.78 is 38.7. The van der Waals surface area contributed by atoms with Crippen LogP contribution < -0.4 is 16.0 Å². The van der Waals surface area contributed by atoms with Crippen molar-refractivity contribution in [3.63, 3.8) is 0 Å². The number of anilines is 3. The number of benzene rings is 1. The van der Waals surface area contributed by atoms with E-state index in [1.54, 1.807) is 13.1 Å². The number of hydrogen-bond acceptors (Lipinski definition) is 5. The highest BCUT2D eigenvalue weighted by Gasteiger charge is 2.30. The van der Waals surface area contributed by atoms with Crippen LogP contribution in [-0.4, -0.2) is 23.7 Å². The van der Waals surface area contributed by atoms with Crippen LogP contribution in [0.4, 0.5) is 30.4 Å². The molecule has 0 fully saturated rings. The first kappa shape index (κ1) is 20.7. The normalized spacial score (nSPS) is 11.1. The van der Waals surface area contributed by atoms with E-state index in [0.29, 0.717) is 16.9 Å². The third-order valence-corrected chi connectivity index (χ3v) is 3.53. The van der Waals surface area contributed by atoms with Gasteiger partial charge in [-0.1, -0.05) is 6.58 Å². The molecule has 1 aromatic carbocycles. The van der Waals surface area contributed by atoms with Crippen molar-refractivity contribution in [1.29, 1.82) is 5.41 Å². The van der Waals surface area contributed by atoms with Gasteiger partial charge in [0.15, 0.2) is 0 Å². The summed E-state index contributed by atoms with van der Waals surface area (Å²) in [6, 6.07) is 6.37. The molecule has 0 bridgehead atoms. The quantitative estimate of drug-likeness (QED) is 0.425. The first-order valence-electron chi connectivity index (χ1n) is 8.05. The molecule has 0 aliphatic rings. The molecule has 0 aliphatic carbocycles. The number of hydrogen-bond donors (Lipinski definition) is 4. The Morgan fingerprint density at radius 2 is 2.00 bits per heavy atom. The lowest BCUT2D eigenvalue weighted by Crippen LogP contribution is -2.10. The van der Waals surface area contributed by atoms with Crippen LogP contribution in [0.3, 0.4) is 0 Å². The number of nitrogens with zero attached hydrogens (tertiary/aromatic N) is 1. The molecule has 6 nitrogen and oxygen atoms in total. The van der Waals surface area contributed by atoms with Gasteiger partial charge < -0.3 is 21.4 Å². The van der Waals surface area contributed by atoms with Gasteiger partial charge in [-0.3, -0.25) is 4.79 Å². The van der Waals surface area contributed by atoms with E-state index in [0.717, 1.165) is 24.4 Å². The maximum atomic E-state index is 12.9. The number of carbonyl (C=O) groups is 1. The minimum atomic E-state index is -4.50. The molecular formula is C19H18F3N5O. The summed E-state index contributed by atoms with van der Waals surface area (Å²) in [5.74, 6) is -0.451. The number of aromatic nitrogens is 1. The number of allylic oxidation sites excluding steroid dienone is 1. The van der Waals surface area contributed by atoms with Crippen molar-refractivity contribution >= 4 is 28.8 Å². The fourth-order valence-corrected chi connectivity index (χ4v) is 2.22. The molecule has 0 radical (unpaired) electrons. The van der Waals surface area contributed by atoms with Gasteiger partial charge >= 0.3 is 6.18 Å². The van der Waals surface area contributed by atoms with Gasteiger partial charge in [-0.2, -0.15) is 13.2 Å². The molecule has 28 heavy (non-hydrogen) atoms. The van der Waals surface area contributed by atoms with Gasteiger partial charge in [0.1, 0.15) is 5.82 Å². The second kappa shape index (κ2) is 8.85. The number of nitrogens with one attached hydrogen (secondary N) is 4. The molecule has 9 heteroatoms. The Morgan fingerprint density at radius 1 is 1.25 bits per heavy atom. The lowest BCUT2D eigenvalue weighted by atomic mass is 10.1. The van der Waals surface area contributed by atoms with E-state index in [1.165, 1.54) is 24.4 Å². The number of alkyl halides is 3. The predicted molar refractivity (Wildman–Crippen MR) is 103 cm³/mol. The van der Waals surface area contributed by atoms with E-state index >= 15 is 0 Å². The fraction of sp³-hybridized carbons (Fsp3) is 0.105. The van der Waals surface area contributed by atoms with Gasteiger partial charge in [0.25, 0.3) is 0 Å². The summed E-state index contributed by atoms with van der Waals surface area (Å²) in [5.41, 5.74) is 0.344. The SMILES string of the molecule is C=CC(=O)Nc1ccc(Nc2cc(C(F)(F)F)ccn2)c(C(=N)/C=C\NC)c1. The minimum Gasteiger partial charge on any atom is -0.394 e. The molecule has 146 valence electrons. The van der Waals surface area contributed by atoms with Crippen molar-refractivity contribution in [2.24, 2.45) is 0 Å². The highest BCUT2D eigenvalue weighted by molar-refractivity contribution is 6.11. The third kappa shape index (κ3) is 5.44. The number of amides is 1. The number of carbonyl (C=O) groups excluding carboxylic acids is 1. The van der Waals surface area contributed by atoms with E-state index in [1.807, 2.05) is 0 Å². The Bertz CT molecular complexity index is 922. The Hall–Kier alpha value is -3.62. The van der Waals surface area contributed by atoms with E-state index < -0.39 is 17.6 Å². The van der Waals surface area contributed by atoms with Gasteiger partial charge in [-0.05, 0) is 48.7 Å². The van der Waals surface area contributed by atoms with Crippen LogP contribution in [0, 0.1) is 5.41 Å². The average Bonchev–Trinajstić information content (AvgIpc) is 2.66. The maximum absolute atomic E-state index is 12.9. The summed E-state index contributed by atoms with van der Waals surface area (Å²) in [4.78, 5) is 15.4. The van der Waals surface area contributed by atoms with Gasteiger partial charge in [0, 0.05) is 30.2 Å². The first-order valence-corrected chi connectivity index (χ1v) is 8.05. The molecule has 1 amide bonds. The van der Waals surface area contributed by atoms with Gasteiger partial charge in [0.2, 0.25) is 5.91 Å². The van der Waals surface area contributed by atoms with Crippen molar-refractivity contribution in [2.45, 2.75) is 6.18 Å². The van der Waals surface area contributed by atoms with Gasteiger partial charge in [0.05, 0.1) is 11.3 Å². The van der Waals surface area contributed by atoms with Crippen LogP contribution in [0.2, 0.25) is 0 Å². The average molecular weight is 389 g/mol. The number of pyridine rings is 1. The van der Waals surface area contributed by atoms with E-state index in [9.17, 15) is 18.0 Å². The van der Waals surface area contributed by atoms with Crippen LogP contribution in [0.5, 0.6) is 0 Å². The Balaban J connectivity index is 2.42. The number of halogens is 3. The summed E-state index contributed by atoms with van der Waals surface area (Å²) in [6.45, 7) is 3.37. The largest absolute Gasteiger partial charge is 0.416 e. The standard InChI is InChI=1S/C19H18F3N5O/c1-3-18(28)26-13-4-5-16(14(11-13)15(23)7-8-24-2)27-17-10-12(6-9-25-17)19(20,21)22/h3-11,23-24H,1H2,2H3,(H,25,27)(H,26,28)/b8-7-,23-15?. The Kier molecular flexibility index (Phi) is 6.54. The van der Waals surface area contributed by atoms with Crippen molar-refractivity contribution in [3.05, 3.63) is 72.6 Å². The maximum Gasteiger partial charge on any atom is 0.416 e. The van der Waals surface area contributed by atoms with Crippen LogP contribution in [0.25, 0.3) is 0 Å². The molecule has 1 aromatic heterocycles. The predicted octanol–water partition coefficient (Wildman–Crippen LogP) is 4.07. The molecule has 4 N–H and O–H groups in total. The monoisotopic (exact) mass is 389 g/mol. The highest BCUT2D eigenvalue weighted by Crippen LogP contribution is 2.31. The lowest BCUT2D eigenvalue weighted by molar-refractivity contribution is -0.137. The smallest absolute Gasteiger partial charge is 0.394 e. The molecule has 0 saturated carbocycles. The van der Waals surface area contributed by atoms with Crippen LogP contribution in [-0.2, 0) is 11.0 Å².